The van der Waals surface area contributed by atoms with Gasteiger partial charge in [-0.2, -0.15) is 9.35 Å². The third kappa shape index (κ3) is 8.69. The number of carbonyl (C=O) groups is 3. The van der Waals surface area contributed by atoms with Crippen molar-refractivity contribution in [2.75, 3.05) is 32.7 Å². The minimum atomic E-state index is -2.00. The summed E-state index contributed by atoms with van der Waals surface area (Å²) in [5.74, 6) is -1.85. The molecule has 2 saturated heterocycles. The Morgan fingerprint density at radius 1 is 1.35 bits per heavy atom. The SMILES string of the molecule is CC(ONC(C(=O)NC1C(=O)N(OSO)C1(C)C)=C(N)C=S)(C(=O)O)C1CCc2cc(/C(C=NCC3CNC3)=C/NCCCN)ccc2O1. The Morgan fingerprint density at radius 3 is 2.71 bits per heavy atom. The summed E-state index contributed by atoms with van der Waals surface area (Å²) in [6, 6.07) is 4.60. The highest BCUT2D eigenvalue weighted by Crippen LogP contribution is 2.36. The molecule has 3 heterocycles. The lowest BCUT2D eigenvalue weighted by molar-refractivity contribution is -0.214. The fourth-order valence-electron chi connectivity index (χ4n) is 5.38. The first-order chi connectivity index (χ1) is 23.4. The van der Waals surface area contributed by atoms with E-state index in [1.165, 1.54) is 6.92 Å². The monoisotopic (exact) mass is 720 g/mol. The number of carboxylic acid groups (broad SMARTS) is 1. The van der Waals surface area contributed by atoms with Gasteiger partial charge in [-0.25, -0.2) is 4.79 Å². The van der Waals surface area contributed by atoms with E-state index in [-0.39, 0.29) is 24.4 Å². The standard InChI is InChI=1S/C31H44N8O8S2/c1-30(2)26(28(41)39(30)47-49-44)37-27(40)25(22(33)17-48)38-46-31(3,29(42)43)24-8-6-20-11-19(5-7-23(20)45-24)21(15-34-10-4-9-32)16-36-14-18-12-35-13-18/h5,7,11,15-18,24,26,34-35,38,44H,4,6,8-10,12-14,32-33H2,1-3H3,(H,37,40)(H,42,43)/b21-15+,25-22?,36-16?. The molecule has 2 amide bonds. The number of rotatable bonds is 18. The highest BCUT2D eigenvalue weighted by molar-refractivity contribution is 7.88. The Bertz CT molecular complexity index is 1500. The van der Waals surface area contributed by atoms with Gasteiger partial charge in [0.15, 0.2) is 12.3 Å². The van der Waals surface area contributed by atoms with Crippen molar-refractivity contribution in [3.8, 4) is 5.75 Å². The van der Waals surface area contributed by atoms with E-state index in [1.807, 2.05) is 24.5 Å². The van der Waals surface area contributed by atoms with Crippen molar-refractivity contribution in [3.63, 3.8) is 0 Å². The lowest BCUT2D eigenvalue weighted by atomic mass is 9.84. The zero-order chi connectivity index (χ0) is 35.8. The number of aliphatic carboxylic acids is 1. The second kappa shape index (κ2) is 16.8. The van der Waals surface area contributed by atoms with E-state index in [1.54, 1.807) is 19.9 Å². The summed E-state index contributed by atoms with van der Waals surface area (Å²) in [6.45, 7) is 8.48. The van der Waals surface area contributed by atoms with Crippen LogP contribution >= 0.6 is 24.5 Å². The van der Waals surface area contributed by atoms with Crippen molar-refractivity contribution < 1.29 is 37.9 Å². The van der Waals surface area contributed by atoms with E-state index in [0.29, 0.717) is 24.6 Å². The number of benzene rings is 1. The molecule has 0 spiro atoms. The summed E-state index contributed by atoms with van der Waals surface area (Å²) < 4.78 is 20.0. The first kappa shape index (κ1) is 38.0. The maximum Gasteiger partial charge on any atom is 0.342 e. The van der Waals surface area contributed by atoms with Crippen molar-refractivity contribution in [2.24, 2.45) is 22.4 Å². The molecule has 0 saturated carbocycles. The van der Waals surface area contributed by atoms with Crippen LogP contribution in [0.5, 0.6) is 5.75 Å². The van der Waals surface area contributed by atoms with Crippen molar-refractivity contribution in [1.82, 2.24) is 26.5 Å². The first-order valence-electron chi connectivity index (χ1n) is 15.8. The quantitative estimate of drug-likeness (QED) is 0.0198. The number of aryl methyl sites for hydroxylation is 1. The van der Waals surface area contributed by atoms with E-state index in [4.69, 9.17) is 42.1 Å². The van der Waals surface area contributed by atoms with Gasteiger partial charge in [0.2, 0.25) is 5.60 Å². The number of hydrogen-bond acceptors (Lipinski definition) is 15. The number of carbonyl (C=O) groups excluding carboxylic acids is 2. The highest BCUT2D eigenvalue weighted by Gasteiger charge is 2.57. The molecule has 0 aromatic heterocycles. The Balaban J connectivity index is 1.47. The number of amides is 2. The lowest BCUT2D eigenvalue weighted by Crippen LogP contribution is -2.76. The predicted molar refractivity (Wildman–Crippen MR) is 188 cm³/mol. The third-order valence-electron chi connectivity index (χ3n) is 8.69. The molecule has 0 bridgehead atoms. The average Bonchev–Trinajstić information content (AvgIpc) is 3.06. The molecule has 1 aromatic carbocycles. The summed E-state index contributed by atoms with van der Waals surface area (Å²) in [6.07, 6.45) is 4.37. The van der Waals surface area contributed by atoms with Crippen LogP contribution in [0.3, 0.4) is 0 Å². The molecular formula is C31H44N8O8S2. The van der Waals surface area contributed by atoms with Crippen LogP contribution in [-0.4, -0.2) is 100 Å². The lowest BCUT2D eigenvalue weighted by Gasteiger charge is -2.50. The van der Waals surface area contributed by atoms with Crippen molar-refractivity contribution in [2.45, 2.75) is 63.3 Å². The first-order valence-corrected chi connectivity index (χ1v) is 16.9. The summed E-state index contributed by atoms with van der Waals surface area (Å²) in [5, 5.41) is 21.3. The maximum absolute atomic E-state index is 13.2. The number of carboxylic acids is 1. The molecule has 1 aromatic rings. The van der Waals surface area contributed by atoms with Crippen LogP contribution in [0.4, 0.5) is 0 Å². The zero-order valence-electron chi connectivity index (χ0n) is 27.6. The molecular weight excluding hydrogens is 677 g/mol. The van der Waals surface area contributed by atoms with Gasteiger partial charge >= 0.3 is 5.97 Å². The van der Waals surface area contributed by atoms with Crippen LogP contribution in [0, 0.1) is 5.92 Å². The normalized spacial score (nSPS) is 22.1. The summed E-state index contributed by atoms with van der Waals surface area (Å²) in [4.78, 5) is 48.7. The molecule has 3 aliphatic heterocycles. The van der Waals surface area contributed by atoms with Crippen LogP contribution in [0.25, 0.3) is 5.57 Å². The van der Waals surface area contributed by atoms with Gasteiger partial charge in [-0.15, -0.1) is 0 Å². The number of fused-ring (bicyclic) bond motifs is 1. The maximum atomic E-state index is 13.2. The third-order valence-corrected chi connectivity index (χ3v) is 9.16. The Morgan fingerprint density at radius 2 is 2.10 bits per heavy atom. The Kier molecular flexibility index (Phi) is 13.0. The van der Waals surface area contributed by atoms with Gasteiger partial charge in [-0.3, -0.25) is 24.9 Å². The average molecular weight is 721 g/mol. The minimum absolute atomic E-state index is 0.00900. The second-order valence-electron chi connectivity index (χ2n) is 12.6. The van der Waals surface area contributed by atoms with E-state index < -0.39 is 46.8 Å². The van der Waals surface area contributed by atoms with Gasteiger partial charge in [-0.1, -0.05) is 18.3 Å². The van der Waals surface area contributed by atoms with Gasteiger partial charge in [0.25, 0.3) is 11.8 Å². The minimum Gasteiger partial charge on any atom is -0.486 e. The van der Waals surface area contributed by atoms with E-state index in [9.17, 15) is 19.5 Å². The summed E-state index contributed by atoms with van der Waals surface area (Å²) >= 11 is 4.90. The molecule has 0 radical (unpaired) electrons. The largest absolute Gasteiger partial charge is 0.486 e. The number of allylic oxidation sites excluding steroid dienone is 2. The van der Waals surface area contributed by atoms with E-state index >= 15 is 0 Å². The fourth-order valence-corrected chi connectivity index (χ4v) is 5.83. The number of nitrogens with two attached hydrogens (primary N) is 2. The fraction of sp³-hybridized carbons (Fsp3) is 0.516. The van der Waals surface area contributed by atoms with Crippen molar-refractivity contribution in [3.05, 3.63) is 46.9 Å². The van der Waals surface area contributed by atoms with Crippen LogP contribution in [0.15, 0.2) is 40.8 Å². The van der Waals surface area contributed by atoms with Gasteiger partial charge in [0.1, 0.15) is 23.6 Å². The topological polar surface area (TPSA) is 235 Å². The summed E-state index contributed by atoms with van der Waals surface area (Å²) in [5.41, 5.74) is 13.0. The number of hydrogen-bond donors (Lipinski definition) is 8. The number of β-lactam (4-membered cyclic amide) rings is 1. The molecule has 3 unspecified atom stereocenters. The second-order valence-corrected chi connectivity index (χ2v) is 13.1. The Labute approximate surface area is 294 Å². The van der Waals surface area contributed by atoms with Gasteiger partial charge in [-0.05, 0) is 69.8 Å². The van der Waals surface area contributed by atoms with Crippen LogP contribution < -0.4 is 37.6 Å². The van der Waals surface area contributed by atoms with Crippen molar-refractivity contribution >= 4 is 59.5 Å². The van der Waals surface area contributed by atoms with Crippen LogP contribution in [0.1, 0.15) is 44.7 Å². The van der Waals surface area contributed by atoms with Crippen LogP contribution in [0.2, 0.25) is 0 Å². The number of aliphatic imine (C=N–C) groups is 1. The number of nitrogens with zero attached hydrogens (tertiary/aromatic N) is 2. The smallest absolute Gasteiger partial charge is 0.342 e. The van der Waals surface area contributed by atoms with E-state index in [2.05, 4.69) is 26.4 Å². The molecule has 18 heteroatoms. The van der Waals surface area contributed by atoms with Gasteiger partial charge in [0.05, 0.1) is 11.2 Å². The number of hydroxylamine groups is 3. The van der Waals surface area contributed by atoms with Gasteiger partial charge < -0.3 is 41.8 Å². The summed E-state index contributed by atoms with van der Waals surface area (Å²) in [7, 11) is 0. The molecule has 3 aliphatic rings. The predicted octanol–water partition coefficient (Wildman–Crippen LogP) is 0.643. The number of nitrogens with one attached hydrogen (secondary N) is 4. The highest BCUT2D eigenvalue weighted by atomic mass is 32.2. The van der Waals surface area contributed by atoms with Gasteiger partial charge in [0, 0.05) is 55.5 Å². The molecule has 0 aliphatic carbocycles. The molecule has 3 atom stereocenters. The molecule has 2 fully saturated rings. The zero-order valence-corrected chi connectivity index (χ0v) is 29.2. The number of ether oxygens (including phenoxy) is 1. The van der Waals surface area contributed by atoms with Crippen LogP contribution in [-0.2, 0) is 29.9 Å². The number of thiocarbonyl (C=S) groups is 1. The molecule has 4 rings (SSSR count). The molecule has 49 heavy (non-hydrogen) atoms. The van der Waals surface area contributed by atoms with E-state index in [0.717, 1.165) is 59.7 Å². The molecule has 10 N–H and O–H groups in total. The molecule has 268 valence electrons. The molecule has 16 nitrogen and oxygen atoms in total. The van der Waals surface area contributed by atoms with Crippen molar-refractivity contribution in [1.29, 1.82) is 0 Å². The Hall–Kier alpha value is -3.78.